The molecule has 1 spiro atoms. The number of carbonyl (C=O) groups is 9. The Bertz CT molecular complexity index is 2420. The lowest BCUT2D eigenvalue weighted by molar-refractivity contribution is -0.152. The van der Waals surface area contributed by atoms with Crippen LogP contribution in [-0.4, -0.2) is 163 Å². The second kappa shape index (κ2) is 34.2. The van der Waals surface area contributed by atoms with Crippen LogP contribution in [0.15, 0.2) is 60.2 Å². The van der Waals surface area contributed by atoms with Crippen LogP contribution in [0, 0.1) is 11.8 Å². The molecule has 9 amide bonds. The number of epoxide rings is 1. The zero-order valence-corrected chi connectivity index (χ0v) is 49.6. The van der Waals surface area contributed by atoms with Crippen molar-refractivity contribution in [2.24, 2.45) is 17.6 Å². The summed E-state index contributed by atoms with van der Waals surface area (Å²) in [6.45, 7) is 13.2. The van der Waals surface area contributed by atoms with Crippen molar-refractivity contribution in [2.45, 2.75) is 180 Å². The summed E-state index contributed by atoms with van der Waals surface area (Å²) in [5.74, 6) is -2.48. The molecule has 4 rings (SSSR count). The summed E-state index contributed by atoms with van der Waals surface area (Å²) in [6, 6.07) is 3.46. The molecule has 82 heavy (non-hydrogen) atoms. The lowest BCUT2D eigenvalue weighted by Gasteiger charge is -2.39. The third-order valence-electron chi connectivity index (χ3n) is 14.1. The van der Waals surface area contributed by atoms with Gasteiger partial charge in [-0.15, -0.1) is 0 Å². The number of thioether (sulfide) groups is 1. The quantitative estimate of drug-likeness (QED) is 0.0132. The highest BCUT2D eigenvalue weighted by Crippen LogP contribution is 2.43. The van der Waals surface area contributed by atoms with Gasteiger partial charge in [-0.25, -0.2) is 15.0 Å². The fraction of sp³-hybridized carbons (Fsp3) is 0.632. The van der Waals surface area contributed by atoms with Crippen molar-refractivity contribution in [3.05, 3.63) is 65.8 Å². The predicted molar refractivity (Wildman–Crippen MR) is 307 cm³/mol. The first kappa shape index (κ1) is 68.0. The molecule has 3 aliphatic rings. The minimum atomic E-state index is -1.06. The van der Waals surface area contributed by atoms with Gasteiger partial charge in [0.15, 0.2) is 0 Å². The number of aliphatic hydroxyl groups is 1. The minimum Gasteiger partial charge on any atom is -0.459 e. The number of primary amides is 1. The molecule has 3 saturated heterocycles. The smallest absolute Gasteiger partial charge is 0.426 e. The Kier molecular flexibility index (Phi) is 28.3. The molecule has 0 aliphatic carbocycles. The molecule has 0 radical (unpaired) electrons. The van der Waals surface area contributed by atoms with Crippen molar-refractivity contribution < 1.29 is 71.9 Å². The van der Waals surface area contributed by atoms with Crippen molar-refractivity contribution in [1.29, 1.82) is 0 Å². The fourth-order valence-corrected chi connectivity index (χ4v) is 9.70. The highest BCUT2D eigenvalue weighted by Gasteiger charge is 2.58. The number of aliphatic hydroxyl groups excluding tert-OH is 1. The van der Waals surface area contributed by atoms with Gasteiger partial charge in [0.05, 0.1) is 43.1 Å². The number of anilines is 1. The Morgan fingerprint density at radius 2 is 1.62 bits per heavy atom. The summed E-state index contributed by atoms with van der Waals surface area (Å²) in [4.78, 5) is 113. The largest absolute Gasteiger partial charge is 0.459 e. The molecule has 24 nitrogen and oxygen atoms in total. The van der Waals surface area contributed by atoms with Crippen LogP contribution in [-0.2, 0) is 63.9 Å². The number of amides is 9. The molecule has 3 aliphatic heterocycles. The van der Waals surface area contributed by atoms with Gasteiger partial charge in [0, 0.05) is 51.7 Å². The second-order valence-electron chi connectivity index (χ2n) is 21.6. The third kappa shape index (κ3) is 24.1. The fourth-order valence-electron chi connectivity index (χ4n) is 9.34. The number of nitrogens with zero attached hydrogens (tertiary/aromatic N) is 1. The zero-order valence-electron chi connectivity index (χ0n) is 48.7. The maximum Gasteiger partial charge on any atom is 0.426 e. The van der Waals surface area contributed by atoms with Crippen LogP contribution in [0.5, 0.6) is 0 Å². The molecular weight excluding hydrogens is 1080 g/mol. The van der Waals surface area contributed by atoms with Gasteiger partial charge in [-0.3, -0.25) is 38.6 Å². The molecule has 3 fully saturated rings. The number of esters is 1. The summed E-state index contributed by atoms with van der Waals surface area (Å²) in [6.07, 6.45) is 10.2. The Hall–Kier alpha value is -6.54. The standard InChI is InChI=1S/C57H87N9O15S/c1-34(2)51(64-47(68)15-11-10-12-26-59-49(70)32-82-9)54(74)63-43(14-13-27-60-55(58)75)53(73)61-41-21-19-40(20-22-41)31-77-56(76)65-66(8)50(71)29-42-30-57(33-78-57)52(72)46(81-42)24-17-35(3)16-23-45-36(4)28-44(38(6)80-45)62-48(69)25-18-37(5)79-39(7)67/h16-22,24-25,34,36-38,42-46,51-52,72H,10-15,23,26-33H2,1-9H3,(H,59,70)(H,61,73)(H,62,69)(H,63,74)(H,64,68)(H,65,76)(H3,58,60,75)/b24-17+,25-18-,35-16+/t36-,37-,38+,42+,43-,44+,45-,46+,51-,52+,57+/m0/s1. The van der Waals surface area contributed by atoms with Crippen LogP contribution >= 0.6 is 11.8 Å². The molecule has 10 N–H and O–H groups in total. The molecule has 1 aromatic carbocycles. The monoisotopic (exact) mass is 1170 g/mol. The van der Waals surface area contributed by atoms with Crippen molar-refractivity contribution in [2.75, 3.05) is 44.1 Å². The predicted octanol–water partition coefficient (Wildman–Crippen LogP) is 3.71. The van der Waals surface area contributed by atoms with E-state index >= 15 is 0 Å². The highest BCUT2D eigenvalue weighted by atomic mass is 32.2. The zero-order chi connectivity index (χ0) is 60.5. The number of rotatable bonds is 30. The minimum absolute atomic E-state index is 0.0388. The van der Waals surface area contributed by atoms with E-state index in [1.807, 2.05) is 32.3 Å². The van der Waals surface area contributed by atoms with Gasteiger partial charge in [0.25, 0.3) is 0 Å². The molecular formula is C57H87N9O15S. The second-order valence-corrected chi connectivity index (χ2v) is 22.4. The molecule has 0 aromatic heterocycles. The van der Waals surface area contributed by atoms with Crippen molar-refractivity contribution >= 4 is 71.0 Å². The molecule has 25 heteroatoms. The maximum absolute atomic E-state index is 13.6. The molecule has 1 aromatic rings. The van der Waals surface area contributed by atoms with Crippen molar-refractivity contribution in [3.63, 3.8) is 0 Å². The topological polar surface area (TPSA) is 337 Å². The number of urea groups is 1. The van der Waals surface area contributed by atoms with Gasteiger partial charge in [0.2, 0.25) is 35.4 Å². The normalized spacial score (nSPS) is 23.5. The molecule has 0 saturated carbocycles. The molecule has 11 atom stereocenters. The van der Waals surface area contributed by atoms with E-state index < -0.39 is 77.9 Å². The van der Waals surface area contributed by atoms with Gasteiger partial charge in [-0.05, 0) is 101 Å². The summed E-state index contributed by atoms with van der Waals surface area (Å²) >= 11 is 1.44. The summed E-state index contributed by atoms with van der Waals surface area (Å²) in [5, 5.41) is 28.8. The lowest BCUT2D eigenvalue weighted by atomic mass is 9.87. The Morgan fingerprint density at radius 1 is 0.915 bits per heavy atom. The number of nitrogens with two attached hydrogens (primary N) is 1. The number of benzene rings is 1. The van der Waals surface area contributed by atoms with Gasteiger partial charge in [0.1, 0.15) is 42.6 Å². The molecule has 456 valence electrons. The average molecular weight is 1170 g/mol. The van der Waals surface area contributed by atoms with Gasteiger partial charge in [-0.2, -0.15) is 11.8 Å². The summed E-state index contributed by atoms with van der Waals surface area (Å²) in [7, 11) is 1.38. The molecule has 3 heterocycles. The van der Waals surface area contributed by atoms with E-state index in [9.17, 15) is 48.3 Å². The number of nitrogens with one attached hydrogen (secondary N) is 7. The average Bonchev–Trinajstić information content (AvgIpc) is 3.85. The Labute approximate surface area is 485 Å². The van der Waals surface area contributed by atoms with Crippen LogP contribution in [0.3, 0.4) is 0 Å². The Balaban J connectivity index is 1.23. The SMILES string of the molecule is CSCC(=O)NCCCCCC(=O)N[C@H](C(=O)N[C@@H](CCCNC(N)=O)C(=O)Nc1ccc(COC(=O)NN(C)C(=O)C[C@@H]2C[C@@]3(CO3)[C@H](O)[C@@H](/C=C/C(C)=C/C[C@@H]3O[C@H](C)[C@H](NC(=O)/C=C\[C@H](C)OC(C)=O)C[C@@H]3C)O2)cc1)C(C)C. The van der Waals surface area contributed by atoms with E-state index in [0.717, 1.165) is 10.6 Å². The number of hydrogen-bond acceptors (Lipinski definition) is 16. The van der Waals surface area contributed by atoms with E-state index in [4.69, 9.17) is 29.4 Å². The number of carbonyl (C=O) groups excluding carboxylic acids is 9. The summed E-state index contributed by atoms with van der Waals surface area (Å²) in [5.41, 5.74) is 8.57. The highest BCUT2D eigenvalue weighted by molar-refractivity contribution is 7.99. The van der Waals surface area contributed by atoms with E-state index in [1.165, 1.54) is 37.9 Å². The molecule has 0 unspecified atom stereocenters. The first-order valence-corrected chi connectivity index (χ1v) is 29.4. The number of allylic oxidation sites excluding steroid dienone is 2. The van der Waals surface area contributed by atoms with E-state index in [2.05, 4.69) is 44.3 Å². The van der Waals surface area contributed by atoms with Gasteiger partial charge >= 0.3 is 18.1 Å². The number of hydrogen-bond donors (Lipinski definition) is 9. The van der Waals surface area contributed by atoms with E-state index in [-0.39, 0.29) is 93.1 Å². The number of ether oxygens (including phenoxy) is 5. The van der Waals surface area contributed by atoms with E-state index in [0.29, 0.717) is 62.3 Å². The van der Waals surface area contributed by atoms with Crippen LogP contribution < -0.4 is 43.1 Å². The first-order valence-electron chi connectivity index (χ1n) is 28.0. The van der Waals surface area contributed by atoms with Gasteiger partial charge in [-0.1, -0.05) is 63.1 Å². The number of hydrazine groups is 1. The maximum atomic E-state index is 13.6. The molecule has 0 bridgehead atoms. The van der Waals surface area contributed by atoms with Crippen molar-refractivity contribution in [1.82, 2.24) is 37.0 Å². The van der Waals surface area contributed by atoms with Gasteiger partial charge < -0.3 is 66.4 Å². The lowest BCUT2D eigenvalue weighted by Crippen LogP contribution is -2.54. The van der Waals surface area contributed by atoms with Crippen LogP contribution in [0.4, 0.5) is 15.3 Å². The summed E-state index contributed by atoms with van der Waals surface area (Å²) < 4.78 is 28.7. The van der Waals surface area contributed by atoms with E-state index in [1.54, 1.807) is 51.1 Å². The van der Waals surface area contributed by atoms with Crippen molar-refractivity contribution in [3.8, 4) is 0 Å². The Morgan fingerprint density at radius 3 is 2.28 bits per heavy atom. The number of unbranched alkanes of at least 4 members (excludes halogenated alkanes) is 2. The van der Waals surface area contributed by atoms with Crippen LogP contribution in [0.2, 0.25) is 0 Å². The first-order chi connectivity index (χ1) is 38.9. The third-order valence-corrected chi connectivity index (χ3v) is 14.6. The van der Waals surface area contributed by atoms with Crippen LogP contribution in [0.1, 0.15) is 118 Å². The van der Waals surface area contributed by atoms with Crippen LogP contribution in [0.25, 0.3) is 0 Å².